The van der Waals surface area contributed by atoms with E-state index in [1.807, 2.05) is 5.38 Å². The Labute approximate surface area is 133 Å². The molecule has 116 valence electrons. The molecule has 3 aromatic heterocycles. The molecular weight excluding hydrogens is 324 g/mol. The van der Waals surface area contributed by atoms with Gasteiger partial charge < -0.3 is 16.2 Å². The van der Waals surface area contributed by atoms with E-state index in [0.717, 1.165) is 0 Å². The summed E-state index contributed by atoms with van der Waals surface area (Å²) in [4.78, 5) is 29.2. The fourth-order valence-electron chi connectivity index (χ4n) is 1.58. The van der Waals surface area contributed by atoms with Crippen molar-refractivity contribution >= 4 is 49.8 Å². The SMILES string of the molecule is CCOC(=O)c1ccsc1N.Nc1nc2sccc2c(=O)[nH]1. The highest BCUT2D eigenvalue weighted by atomic mass is 32.1. The number of H-pyrrole nitrogens is 1. The van der Waals surface area contributed by atoms with Crippen molar-refractivity contribution in [2.75, 3.05) is 18.1 Å². The Balaban J connectivity index is 0.000000160. The topological polar surface area (TPSA) is 124 Å². The van der Waals surface area contributed by atoms with Gasteiger partial charge in [-0.25, -0.2) is 9.78 Å². The maximum absolute atomic E-state index is 11.1. The number of nitrogens with two attached hydrogens (primary N) is 2. The number of aromatic nitrogens is 2. The van der Waals surface area contributed by atoms with Gasteiger partial charge in [0, 0.05) is 0 Å². The minimum Gasteiger partial charge on any atom is -0.462 e. The molecule has 0 fully saturated rings. The predicted octanol–water partition coefficient (Wildman–Crippen LogP) is 2.07. The Kier molecular flexibility index (Phi) is 5.12. The second-order valence-corrected chi connectivity index (χ2v) is 5.85. The number of aromatic amines is 1. The van der Waals surface area contributed by atoms with Crippen LogP contribution in [0, 0.1) is 0 Å². The third-order valence-electron chi connectivity index (χ3n) is 2.54. The average molecular weight is 338 g/mol. The number of carbonyl (C=O) groups is 1. The lowest BCUT2D eigenvalue weighted by Gasteiger charge is -1.98. The number of fused-ring (bicyclic) bond motifs is 1. The maximum atomic E-state index is 11.1. The van der Waals surface area contributed by atoms with Gasteiger partial charge in [-0.2, -0.15) is 0 Å². The number of nitrogens with zero attached hydrogens (tertiary/aromatic N) is 1. The van der Waals surface area contributed by atoms with Gasteiger partial charge in [0.05, 0.1) is 17.6 Å². The normalized spacial score (nSPS) is 10.0. The van der Waals surface area contributed by atoms with Crippen LogP contribution in [0.5, 0.6) is 0 Å². The smallest absolute Gasteiger partial charge is 0.341 e. The molecule has 0 aliphatic carbocycles. The minimum atomic E-state index is -0.341. The van der Waals surface area contributed by atoms with Crippen LogP contribution in [0.25, 0.3) is 10.2 Å². The van der Waals surface area contributed by atoms with Crippen molar-refractivity contribution < 1.29 is 9.53 Å². The number of ether oxygens (including phenoxy) is 1. The lowest BCUT2D eigenvalue weighted by Crippen LogP contribution is -2.09. The van der Waals surface area contributed by atoms with Crippen molar-refractivity contribution in [3.8, 4) is 0 Å². The molecule has 0 bridgehead atoms. The third-order valence-corrected chi connectivity index (χ3v) is 4.10. The Hall–Kier alpha value is -2.39. The number of thiophene rings is 2. The molecule has 0 atom stereocenters. The van der Waals surface area contributed by atoms with E-state index in [-0.39, 0.29) is 17.5 Å². The molecule has 0 unspecified atom stereocenters. The summed E-state index contributed by atoms with van der Waals surface area (Å²) in [7, 11) is 0. The van der Waals surface area contributed by atoms with Gasteiger partial charge in [0.25, 0.3) is 5.56 Å². The number of anilines is 2. The molecule has 0 aromatic carbocycles. The van der Waals surface area contributed by atoms with E-state index in [1.54, 1.807) is 24.4 Å². The molecule has 3 aromatic rings. The van der Waals surface area contributed by atoms with Gasteiger partial charge >= 0.3 is 5.97 Å². The number of hydrogen-bond acceptors (Lipinski definition) is 8. The summed E-state index contributed by atoms with van der Waals surface area (Å²) in [6, 6.07) is 3.39. The number of esters is 1. The highest BCUT2D eigenvalue weighted by Crippen LogP contribution is 2.19. The van der Waals surface area contributed by atoms with Crippen LogP contribution in [0.4, 0.5) is 10.9 Å². The van der Waals surface area contributed by atoms with Crippen LogP contribution in [0.3, 0.4) is 0 Å². The van der Waals surface area contributed by atoms with Crippen molar-refractivity contribution in [3.63, 3.8) is 0 Å². The van der Waals surface area contributed by atoms with Crippen LogP contribution >= 0.6 is 22.7 Å². The standard InChI is InChI=1S/C7H9NO2S.C6H5N3OS/c1-2-10-7(9)5-3-4-11-6(5)8;7-6-8-4(10)3-1-2-11-5(3)9-6/h3-4H,2,8H2,1H3;1-2H,(H3,7,8,9,10). The number of carbonyl (C=O) groups excluding carboxylic acids is 1. The summed E-state index contributed by atoms with van der Waals surface area (Å²) in [6.45, 7) is 2.15. The average Bonchev–Trinajstić information content (AvgIpc) is 3.08. The second-order valence-electron chi connectivity index (χ2n) is 4.01. The summed E-state index contributed by atoms with van der Waals surface area (Å²) >= 11 is 2.74. The number of nitrogens with one attached hydrogen (secondary N) is 1. The molecule has 3 rings (SSSR count). The molecule has 0 amide bonds. The first-order valence-corrected chi connectivity index (χ1v) is 8.02. The largest absolute Gasteiger partial charge is 0.462 e. The van der Waals surface area contributed by atoms with Crippen LogP contribution < -0.4 is 17.0 Å². The van der Waals surface area contributed by atoms with Gasteiger partial charge in [0.1, 0.15) is 9.83 Å². The van der Waals surface area contributed by atoms with E-state index in [4.69, 9.17) is 16.2 Å². The Morgan fingerprint density at radius 3 is 2.68 bits per heavy atom. The molecule has 0 radical (unpaired) electrons. The van der Waals surface area contributed by atoms with Crippen molar-refractivity contribution in [1.29, 1.82) is 0 Å². The van der Waals surface area contributed by atoms with Gasteiger partial charge in [0.2, 0.25) is 5.95 Å². The molecule has 9 heteroatoms. The molecule has 0 aliphatic rings. The molecule has 7 nitrogen and oxygen atoms in total. The number of hydrogen-bond donors (Lipinski definition) is 3. The molecule has 0 spiro atoms. The second kappa shape index (κ2) is 7.05. The summed E-state index contributed by atoms with van der Waals surface area (Å²) in [5.41, 5.74) is 11.1. The van der Waals surface area contributed by atoms with Crippen LogP contribution in [0.15, 0.2) is 27.7 Å². The van der Waals surface area contributed by atoms with Crippen LogP contribution in [-0.2, 0) is 4.74 Å². The van der Waals surface area contributed by atoms with Gasteiger partial charge in [-0.15, -0.1) is 22.7 Å². The van der Waals surface area contributed by atoms with Crippen molar-refractivity contribution in [2.45, 2.75) is 6.92 Å². The Morgan fingerprint density at radius 2 is 2.05 bits per heavy atom. The molecule has 3 heterocycles. The molecule has 22 heavy (non-hydrogen) atoms. The zero-order valence-electron chi connectivity index (χ0n) is 11.7. The fourth-order valence-corrected chi connectivity index (χ4v) is 2.98. The van der Waals surface area contributed by atoms with E-state index < -0.39 is 0 Å². The number of nitrogen functional groups attached to an aromatic ring is 2. The van der Waals surface area contributed by atoms with Crippen LogP contribution in [0.1, 0.15) is 17.3 Å². The van der Waals surface area contributed by atoms with Gasteiger partial charge in [-0.05, 0) is 29.8 Å². The maximum Gasteiger partial charge on any atom is 0.341 e. The molecular formula is C13H14N4O3S2. The highest BCUT2D eigenvalue weighted by Gasteiger charge is 2.10. The van der Waals surface area contributed by atoms with E-state index in [0.29, 0.717) is 27.4 Å². The van der Waals surface area contributed by atoms with Crippen LogP contribution in [0.2, 0.25) is 0 Å². The number of rotatable bonds is 2. The van der Waals surface area contributed by atoms with E-state index in [2.05, 4.69) is 9.97 Å². The lowest BCUT2D eigenvalue weighted by molar-refractivity contribution is 0.0528. The first-order valence-electron chi connectivity index (χ1n) is 6.26. The van der Waals surface area contributed by atoms with Crippen molar-refractivity contribution in [2.24, 2.45) is 0 Å². The quantitative estimate of drug-likeness (QED) is 0.614. The van der Waals surface area contributed by atoms with Crippen molar-refractivity contribution in [3.05, 3.63) is 38.8 Å². The van der Waals surface area contributed by atoms with E-state index >= 15 is 0 Å². The fraction of sp³-hybridized carbons (Fsp3) is 0.154. The van der Waals surface area contributed by atoms with Gasteiger partial charge in [-0.1, -0.05) is 0 Å². The Bertz CT molecular complexity index is 837. The zero-order chi connectivity index (χ0) is 16.1. The Morgan fingerprint density at radius 1 is 1.32 bits per heavy atom. The summed E-state index contributed by atoms with van der Waals surface area (Å²) in [6.07, 6.45) is 0. The lowest BCUT2D eigenvalue weighted by atomic mass is 10.3. The summed E-state index contributed by atoms with van der Waals surface area (Å²) in [5, 5.41) is 4.70. The summed E-state index contributed by atoms with van der Waals surface area (Å²) in [5.74, 6) is -0.170. The van der Waals surface area contributed by atoms with E-state index in [1.165, 1.54) is 22.7 Å². The first-order chi connectivity index (χ1) is 10.5. The molecule has 5 N–H and O–H groups in total. The minimum absolute atomic E-state index is 0.171. The molecule has 0 saturated carbocycles. The highest BCUT2D eigenvalue weighted by molar-refractivity contribution is 7.16. The van der Waals surface area contributed by atoms with Gasteiger partial charge in [0.15, 0.2) is 0 Å². The van der Waals surface area contributed by atoms with Gasteiger partial charge in [-0.3, -0.25) is 9.78 Å². The molecule has 0 saturated heterocycles. The third kappa shape index (κ3) is 3.62. The molecule has 0 aliphatic heterocycles. The van der Waals surface area contributed by atoms with E-state index in [9.17, 15) is 9.59 Å². The first kappa shape index (κ1) is 16.0. The van der Waals surface area contributed by atoms with Crippen molar-refractivity contribution in [1.82, 2.24) is 9.97 Å². The monoisotopic (exact) mass is 338 g/mol. The zero-order valence-corrected chi connectivity index (χ0v) is 13.3. The predicted molar refractivity (Wildman–Crippen MR) is 89.3 cm³/mol. The van der Waals surface area contributed by atoms with Crippen LogP contribution in [-0.4, -0.2) is 22.5 Å². The summed E-state index contributed by atoms with van der Waals surface area (Å²) < 4.78 is 4.75.